The van der Waals surface area contributed by atoms with Gasteiger partial charge in [0.05, 0.1) is 43.2 Å². The first-order valence-electron chi connectivity index (χ1n) is 18.0. The molecule has 0 radical (unpaired) electrons. The second-order valence-corrected chi connectivity index (χ2v) is 13.2. The van der Waals surface area contributed by atoms with Crippen LogP contribution in [0.2, 0.25) is 0 Å². The van der Waals surface area contributed by atoms with E-state index < -0.39 is 5.97 Å². The van der Waals surface area contributed by atoms with E-state index in [4.69, 9.17) is 20.3 Å². The van der Waals surface area contributed by atoms with Crippen LogP contribution in [0.25, 0.3) is 43.4 Å². The number of hydrogen-bond donors (Lipinski definition) is 2. The Labute approximate surface area is 327 Å². The van der Waals surface area contributed by atoms with Gasteiger partial charge in [0.1, 0.15) is 11.5 Å². The number of carboxylic acids is 1. The summed E-state index contributed by atoms with van der Waals surface area (Å²) in [6, 6.07) is 29.1. The van der Waals surface area contributed by atoms with Crippen LogP contribution in [0.15, 0.2) is 131 Å². The number of nitrogens with zero attached hydrogens (tertiary/aromatic N) is 4. The normalized spacial score (nSPS) is 10.8. The summed E-state index contributed by atoms with van der Waals surface area (Å²) in [6.07, 6.45) is 7.66. The van der Waals surface area contributed by atoms with Crippen molar-refractivity contribution in [1.82, 2.24) is 19.1 Å². The Morgan fingerprint density at radius 3 is 1.63 bits per heavy atom. The molecule has 57 heavy (non-hydrogen) atoms. The van der Waals surface area contributed by atoms with Gasteiger partial charge in [0.25, 0.3) is 11.1 Å². The number of nitrogens with two attached hydrogens (primary N) is 1. The quantitative estimate of drug-likeness (QED) is 0.123. The van der Waals surface area contributed by atoms with Crippen molar-refractivity contribution < 1.29 is 24.2 Å². The molecule has 0 aliphatic rings. The van der Waals surface area contributed by atoms with Crippen molar-refractivity contribution in [3.8, 4) is 11.5 Å². The molecule has 8 aromatic rings. The number of carbonyl (C=O) groups excluding carboxylic acids is 1. The molecule has 4 aromatic heterocycles. The summed E-state index contributed by atoms with van der Waals surface area (Å²) in [4.78, 5) is 56.9. The van der Waals surface area contributed by atoms with Gasteiger partial charge in [-0.1, -0.05) is 42.5 Å². The van der Waals surface area contributed by atoms with Crippen molar-refractivity contribution in [2.75, 3.05) is 14.2 Å². The smallest absolute Gasteiger partial charge is 0.335 e. The van der Waals surface area contributed by atoms with Gasteiger partial charge >= 0.3 is 5.97 Å². The van der Waals surface area contributed by atoms with E-state index in [0.29, 0.717) is 35.7 Å². The van der Waals surface area contributed by atoms with Crippen molar-refractivity contribution >= 4 is 55.1 Å². The molecule has 12 heteroatoms. The number of carboxylic acid groups (broad SMARTS) is 1. The molecule has 0 unspecified atom stereocenters. The number of hydrogen-bond acceptors (Lipinski definition) is 9. The highest BCUT2D eigenvalue weighted by Crippen LogP contribution is 2.25. The monoisotopic (exact) mass is 763 g/mol. The number of ether oxygens (including phenoxy) is 2. The molecule has 0 aliphatic heterocycles. The average Bonchev–Trinajstić information content (AvgIpc) is 3.26. The Morgan fingerprint density at radius 2 is 1.12 bits per heavy atom. The van der Waals surface area contributed by atoms with Crippen LogP contribution in [0, 0.1) is 0 Å². The van der Waals surface area contributed by atoms with Crippen LogP contribution >= 0.6 is 0 Å². The Bertz CT molecular complexity index is 2880. The standard InChI is InChI=1S/C23H20N2O3.C14H10N2O3.C8H11NO/c1-25-21-14-24-11-10-19(21)18-8-7-16(13-20(18)23(25)27)22(26)9-6-15-4-3-5-17(12-15)28-2;1-16-12-7-15-5-4-10(12)9-3-2-8(14(18)19)6-11(9)13(16)17;1-10-8-4-2-3-7(5-8)6-9/h3-5,7-8,10-14H,6,9H2,1-2H3;2-7H,1H3,(H,18,19);2-5H,6,9H2,1H3. The van der Waals surface area contributed by atoms with Gasteiger partial charge in [-0.3, -0.25) is 24.4 Å². The predicted molar refractivity (Wildman–Crippen MR) is 222 cm³/mol. The van der Waals surface area contributed by atoms with Crippen molar-refractivity contribution in [2.24, 2.45) is 19.8 Å². The third-order valence-electron chi connectivity index (χ3n) is 9.73. The maximum absolute atomic E-state index is 12.8. The zero-order valence-corrected chi connectivity index (χ0v) is 31.9. The predicted octanol–water partition coefficient (Wildman–Crippen LogP) is 6.85. The number of carbonyl (C=O) groups is 2. The van der Waals surface area contributed by atoms with E-state index in [9.17, 15) is 19.2 Å². The maximum atomic E-state index is 12.8. The molecule has 4 heterocycles. The number of methoxy groups -OCH3 is 2. The maximum Gasteiger partial charge on any atom is 0.335 e. The van der Waals surface area contributed by atoms with Crippen molar-refractivity contribution in [3.05, 3.63) is 165 Å². The fourth-order valence-corrected chi connectivity index (χ4v) is 6.59. The molecule has 12 nitrogen and oxygen atoms in total. The fraction of sp³-hybridized carbons (Fsp3) is 0.156. The van der Waals surface area contributed by atoms with Crippen LogP contribution in [0.3, 0.4) is 0 Å². The largest absolute Gasteiger partial charge is 0.497 e. The molecule has 0 aliphatic carbocycles. The van der Waals surface area contributed by atoms with E-state index in [1.165, 1.54) is 16.7 Å². The number of ketones is 1. The number of fused-ring (bicyclic) bond motifs is 6. The summed E-state index contributed by atoms with van der Waals surface area (Å²) in [5.41, 5.74) is 9.37. The lowest BCUT2D eigenvalue weighted by atomic mass is 9.99. The third-order valence-corrected chi connectivity index (χ3v) is 9.73. The van der Waals surface area contributed by atoms with Gasteiger partial charge in [-0.25, -0.2) is 4.79 Å². The molecule has 0 saturated heterocycles. The lowest BCUT2D eigenvalue weighted by molar-refractivity contribution is 0.0696. The van der Waals surface area contributed by atoms with Crippen LogP contribution in [0.1, 0.15) is 38.3 Å². The van der Waals surface area contributed by atoms with E-state index >= 15 is 0 Å². The first kappa shape index (κ1) is 39.5. The van der Waals surface area contributed by atoms with Crippen LogP contribution in [0.4, 0.5) is 0 Å². The number of pyridine rings is 4. The highest BCUT2D eigenvalue weighted by Gasteiger charge is 2.14. The number of rotatable bonds is 8. The molecule has 0 amide bonds. The lowest BCUT2D eigenvalue weighted by Crippen LogP contribution is -2.18. The zero-order chi connectivity index (χ0) is 40.6. The highest BCUT2D eigenvalue weighted by molar-refractivity contribution is 6.09. The van der Waals surface area contributed by atoms with E-state index in [0.717, 1.165) is 55.2 Å². The van der Waals surface area contributed by atoms with Crippen molar-refractivity contribution in [1.29, 1.82) is 0 Å². The summed E-state index contributed by atoms with van der Waals surface area (Å²) in [5.74, 6) is 0.615. The van der Waals surface area contributed by atoms with E-state index in [1.54, 1.807) is 75.9 Å². The molecule has 0 atom stereocenters. The van der Waals surface area contributed by atoms with E-state index in [-0.39, 0.29) is 22.5 Å². The van der Waals surface area contributed by atoms with Gasteiger partial charge in [0.2, 0.25) is 0 Å². The third kappa shape index (κ3) is 8.56. The summed E-state index contributed by atoms with van der Waals surface area (Å²) in [6.45, 7) is 0.567. The fourth-order valence-electron chi connectivity index (χ4n) is 6.59. The number of aromatic nitrogens is 4. The highest BCUT2D eigenvalue weighted by atomic mass is 16.5. The van der Waals surface area contributed by atoms with Gasteiger partial charge in [-0.2, -0.15) is 0 Å². The zero-order valence-electron chi connectivity index (χ0n) is 31.9. The topological polar surface area (TPSA) is 169 Å². The molecule has 3 N–H and O–H groups in total. The minimum absolute atomic E-state index is 0.0154. The Hall–Kier alpha value is -7.18. The molecular weight excluding hydrogens is 723 g/mol. The average molecular weight is 764 g/mol. The summed E-state index contributed by atoms with van der Waals surface area (Å²) < 4.78 is 13.3. The van der Waals surface area contributed by atoms with Crippen LogP contribution in [0.5, 0.6) is 11.5 Å². The molecule has 0 saturated carbocycles. The van der Waals surface area contributed by atoms with E-state index in [1.807, 2.05) is 66.7 Å². The minimum Gasteiger partial charge on any atom is -0.497 e. The minimum atomic E-state index is -1.04. The Kier molecular flexibility index (Phi) is 12.1. The number of aromatic carboxylic acids is 1. The number of aryl methyl sites for hydroxylation is 3. The van der Waals surface area contributed by atoms with Crippen molar-refractivity contribution in [2.45, 2.75) is 19.4 Å². The van der Waals surface area contributed by atoms with E-state index in [2.05, 4.69) is 9.97 Å². The summed E-state index contributed by atoms with van der Waals surface area (Å²) >= 11 is 0. The second kappa shape index (κ2) is 17.5. The first-order chi connectivity index (χ1) is 27.5. The first-order valence-corrected chi connectivity index (χ1v) is 18.0. The molecule has 8 rings (SSSR count). The Morgan fingerprint density at radius 1 is 0.632 bits per heavy atom. The number of benzene rings is 4. The van der Waals surface area contributed by atoms with Gasteiger partial charge in [0, 0.05) is 66.6 Å². The summed E-state index contributed by atoms with van der Waals surface area (Å²) in [7, 11) is 6.65. The molecule has 0 fully saturated rings. The molecule has 288 valence electrons. The van der Waals surface area contributed by atoms with Gasteiger partial charge in [-0.15, -0.1) is 0 Å². The van der Waals surface area contributed by atoms with Crippen LogP contribution in [-0.2, 0) is 27.1 Å². The molecule has 0 spiro atoms. The van der Waals surface area contributed by atoms with Crippen molar-refractivity contribution in [3.63, 3.8) is 0 Å². The van der Waals surface area contributed by atoms with Gasteiger partial charge < -0.3 is 29.4 Å². The van der Waals surface area contributed by atoms with Gasteiger partial charge in [0.15, 0.2) is 5.78 Å². The lowest BCUT2D eigenvalue weighted by Gasteiger charge is -2.10. The van der Waals surface area contributed by atoms with Crippen LogP contribution < -0.4 is 26.3 Å². The van der Waals surface area contributed by atoms with Gasteiger partial charge in [-0.05, 0) is 82.9 Å². The van der Waals surface area contributed by atoms with Crippen LogP contribution in [-0.4, -0.2) is 50.2 Å². The summed E-state index contributed by atoms with van der Waals surface area (Å²) in [5, 5.41) is 13.4. The number of Topliss-reactive ketones (excluding diaryl/α,β-unsaturated/α-hetero) is 1. The Balaban J connectivity index is 0.000000162. The second-order valence-electron chi connectivity index (χ2n) is 13.2. The SMILES string of the molecule is COc1cccc(CCC(=O)c2ccc3c(c2)c(=O)n(C)c2cnccc32)c1.COc1cccc(CN)c1.Cn1c(=O)c2cc(C(=O)O)ccc2c2ccncc21. The molecule has 4 aromatic carbocycles. The molecule has 0 bridgehead atoms. The molecular formula is C45H41N5O7.